The number of sulfonamides is 1. The summed E-state index contributed by atoms with van der Waals surface area (Å²) in [6.07, 6.45) is 1.07. The van der Waals surface area contributed by atoms with Crippen LogP contribution >= 0.6 is 11.3 Å². The molecule has 1 saturated heterocycles. The Bertz CT molecular complexity index is 1210. The largest absolute Gasteiger partial charge is 0.326 e. The summed E-state index contributed by atoms with van der Waals surface area (Å²) < 4.78 is 28.0. The molecule has 1 unspecified atom stereocenters. The second kappa shape index (κ2) is 8.13. The molecule has 4 rings (SSSR count). The summed E-state index contributed by atoms with van der Waals surface area (Å²) in [6, 6.07) is 12.6. The van der Waals surface area contributed by atoms with E-state index in [1.165, 1.54) is 34.7 Å². The topological polar surface area (TPSA) is 108 Å². The van der Waals surface area contributed by atoms with E-state index >= 15 is 0 Å². The summed E-state index contributed by atoms with van der Waals surface area (Å²) in [4.78, 5) is 28.7. The average molecular weight is 445 g/mol. The Balaban J connectivity index is 1.53. The van der Waals surface area contributed by atoms with Gasteiger partial charge in [-0.2, -0.15) is 4.31 Å². The van der Waals surface area contributed by atoms with Gasteiger partial charge in [0, 0.05) is 19.2 Å². The van der Waals surface area contributed by atoms with Crippen LogP contribution in [0, 0.1) is 0 Å². The minimum absolute atomic E-state index is 0.173. The lowest BCUT2D eigenvalue weighted by Crippen LogP contribution is -2.43. The lowest BCUT2D eigenvalue weighted by Gasteiger charge is -2.22. The van der Waals surface area contributed by atoms with Crippen molar-refractivity contribution in [1.29, 1.82) is 0 Å². The fourth-order valence-electron chi connectivity index (χ4n) is 3.47. The maximum absolute atomic E-state index is 13.0. The van der Waals surface area contributed by atoms with Crippen LogP contribution < -0.4 is 10.6 Å². The molecule has 10 heteroatoms. The zero-order valence-corrected chi connectivity index (χ0v) is 17.8. The molecule has 1 aliphatic rings. The normalized spacial score (nSPS) is 17.2. The fraction of sp³-hybridized carbons (Fsp3) is 0.250. The van der Waals surface area contributed by atoms with Crippen LogP contribution in [-0.2, 0) is 19.6 Å². The lowest BCUT2D eigenvalue weighted by molar-refractivity contribution is -0.119. The second-order valence-corrected chi connectivity index (χ2v) is 9.88. The van der Waals surface area contributed by atoms with Gasteiger partial charge in [0.05, 0.1) is 15.1 Å². The molecule has 1 aromatic heterocycles. The Morgan fingerprint density at radius 3 is 2.63 bits per heavy atom. The summed E-state index contributed by atoms with van der Waals surface area (Å²) in [5.74, 6) is -0.568. The van der Waals surface area contributed by atoms with Gasteiger partial charge in [-0.1, -0.05) is 29.5 Å². The van der Waals surface area contributed by atoms with E-state index in [1.807, 2.05) is 0 Å². The maximum Gasteiger partial charge on any atom is 0.244 e. The second-order valence-electron chi connectivity index (χ2n) is 6.96. The SMILES string of the molecule is CC(=O)Nc1ccc2nc(NC(=O)C3CCCN3S(=O)(=O)c3ccccc3)sc2c1. The van der Waals surface area contributed by atoms with Gasteiger partial charge in [0.25, 0.3) is 0 Å². The highest BCUT2D eigenvalue weighted by Gasteiger charge is 2.39. The van der Waals surface area contributed by atoms with Crippen molar-refractivity contribution < 1.29 is 18.0 Å². The smallest absolute Gasteiger partial charge is 0.244 e. The number of rotatable bonds is 5. The zero-order valence-electron chi connectivity index (χ0n) is 16.2. The zero-order chi connectivity index (χ0) is 21.3. The van der Waals surface area contributed by atoms with Crippen LogP contribution in [0.4, 0.5) is 10.8 Å². The van der Waals surface area contributed by atoms with Crippen LogP contribution in [-0.4, -0.2) is 42.1 Å². The predicted molar refractivity (Wildman–Crippen MR) is 116 cm³/mol. The first-order valence-corrected chi connectivity index (χ1v) is 11.7. The van der Waals surface area contributed by atoms with Crippen molar-refractivity contribution in [3.63, 3.8) is 0 Å². The van der Waals surface area contributed by atoms with Crippen molar-refractivity contribution in [2.75, 3.05) is 17.2 Å². The molecular formula is C20H20N4O4S2. The molecule has 0 aliphatic carbocycles. The molecule has 0 spiro atoms. The Morgan fingerprint density at radius 2 is 1.90 bits per heavy atom. The van der Waals surface area contributed by atoms with E-state index in [1.54, 1.807) is 36.4 Å². The third-order valence-corrected chi connectivity index (χ3v) is 7.65. The number of hydrogen-bond acceptors (Lipinski definition) is 6. The van der Waals surface area contributed by atoms with E-state index in [0.717, 1.165) is 4.70 Å². The number of carbonyl (C=O) groups is 2. The van der Waals surface area contributed by atoms with Gasteiger partial charge in [-0.05, 0) is 43.2 Å². The Morgan fingerprint density at radius 1 is 1.13 bits per heavy atom. The number of thiazole rings is 1. The monoisotopic (exact) mass is 444 g/mol. The number of nitrogens with zero attached hydrogens (tertiary/aromatic N) is 2. The summed E-state index contributed by atoms with van der Waals surface area (Å²) in [5.41, 5.74) is 1.33. The number of benzene rings is 2. The molecule has 2 amide bonds. The summed E-state index contributed by atoms with van der Waals surface area (Å²) in [7, 11) is -3.75. The molecule has 2 N–H and O–H groups in total. The summed E-state index contributed by atoms with van der Waals surface area (Å²) >= 11 is 1.27. The van der Waals surface area contributed by atoms with Crippen LogP contribution in [0.2, 0.25) is 0 Å². The third kappa shape index (κ3) is 4.07. The van der Waals surface area contributed by atoms with Gasteiger partial charge < -0.3 is 10.6 Å². The quantitative estimate of drug-likeness (QED) is 0.629. The first-order chi connectivity index (χ1) is 14.3. The van der Waals surface area contributed by atoms with Gasteiger partial charge >= 0.3 is 0 Å². The van der Waals surface area contributed by atoms with Crippen molar-refractivity contribution in [3.05, 3.63) is 48.5 Å². The Kier molecular flexibility index (Phi) is 5.54. The molecule has 3 aromatic rings. The van der Waals surface area contributed by atoms with Crippen LogP contribution in [0.1, 0.15) is 19.8 Å². The fourth-order valence-corrected chi connectivity index (χ4v) is 6.05. The number of hydrogen-bond donors (Lipinski definition) is 2. The standard InChI is InChI=1S/C20H20N4O4S2/c1-13(25)21-14-9-10-16-18(12-14)29-20(22-16)23-19(26)17-8-5-11-24(17)30(27,28)15-6-3-2-4-7-15/h2-4,6-7,9-10,12,17H,5,8,11H2,1H3,(H,21,25)(H,22,23,26). The van der Waals surface area contributed by atoms with Gasteiger partial charge in [0.15, 0.2) is 5.13 Å². The molecule has 8 nitrogen and oxygen atoms in total. The van der Waals surface area contributed by atoms with E-state index in [2.05, 4.69) is 15.6 Å². The molecule has 156 valence electrons. The van der Waals surface area contributed by atoms with E-state index < -0.39 is 22.0 Å². The van der Waals surface area contributed by atoms with Crippen molar-refractivity contribution in [2.45, 2.75) is 30.7 Å². The molecule has 0 bridgehead atoms. The average Bonchev–Trinajstić information content (AvgIpc) is 3.35. The molecule has 2 aromatic carbocycles. The molecule has 1 aliphatic heterocycles. The Labute approximate surface area is 178 Å². The van der Waals surface area contributed by atoms with E-state index in [0.29, 0.717) is 35.7 Å². The molecule has 1 atom stereocenters. The highest BCUT2D eigenvalue weighted by atomic mass is 32.2. The van der Waals surface area contributed by atoms with E-state index in [4.69, 9.17) is 0 Å². The number of amides is 2. The Hall–Kier alpha value is -2.82. The van der Waals surface area contributed by atoms with E-state index in [9.17, 15) is 18.0 Å². The summed E-state index contributed by atoms with van der Waals surface area (Å²) in [6.45, 7) is 1.73. The number of fused-ring (bicyclic) bond motifs is 1. The van der Waals surface area contributed by atoms with Gasteiger partial charge in [-0.3, -0.25) is 9.59 Å². The molecule has 0 radical (unpaired) electrons. The van der Waals surface area contributed by atoms with Gasteiger partial charge in [0.2, 0.25) is 21.8 Å². The van der Waals surface area contributed by atoms with Gasteiger partial charge in [0.1, 0.15) is 6.04 Å². The van der Waals surface area contributed by atoms with Crippen LogP contribution in [0.25, 0.3) is 10.2 Å². The molecule has 1 fully saturated rings. The highest BCUT2D eigenvalue weighted by molar-refractivity contribution is 7.89. The highest BCUT2D eigenvalue weighted by Crippen LogP contribution is 2.30. The van der Waals surface area contributed by atoms with E-state index in [-0.39, 0.29) is 10.8 Å². The van der Waals surface area contributed by atoms with Gasteiger partial charge in [-0.25, -0.2) is 13.4 Å². The minimum Gasteiger partial charge on any atom is -0.326 e. The van der Waals surface area contributed by atoms with Crippen LogP contribution in [0.15, 0.2) is 53.4 Å². The number of nitrogens with one attached hydrogen (secondary N) is 2. The number of anilines is 2. The predicted octanol–water partition coefficient (Wildman–Crippen LogP) is 3.05. The van der Waals surface area contributed by atoms with Crippen molar-refractivity contribution >= 4 is 54.2 Å². The maximum atomic E-state index is 13.0. The lowest BCUT2D eigenvalue weighted by atomic mass is 10.2. The van der Waals surface area contributed by atoms with Gasteiger partial charge in [-0.15, -0.1) is 0 Å². The van der Waals surface area contributed by atoms with Crippen molar-refractivity contribution in [2.24, 2.45) is 0 Å². The third-order valence-electron chi connectivity index (χ3n) is 4.80. The van der Waals surface area contributed by atoms with Crippen molar-refractivity contribution in [1.82, 2.24) is 9.29 Å². The van der Waals surface area contributed by atoms with Crippen LogP contribution in [0.5, 0.6) is 0 Å². The minimum atomic E-state index is -3.75. The molecule has 30 heavy (non-hydrogen) atoms. The van der Waals surface area contributed by atoms with Crippen LogP contribution in [0.3, 0.4) is 0 Å². The first-order valence-electron chi connectivity index (χ1n) is 9.40. The molecule has 2 heterocycles. The summed E-state index contributed by atoms with van der Waals surface area (Å²) in [5, 5.41) is 5.86. The molecule has 0 saturated carbocycles. The first kappa shape index (κ1) is 20.5. The number of carbonyl (C=O) groups excluding carboxylic acids is 2. The molecular weight excluding hydrogens is 424 g/mol. The number of aromatic nitrogens is 1. The van der Waals surface area contributed by atoms with Crippen molar-refractivity contribution in [3.8, 4) is 0 Å².